The van der Waals surface area contributed by atoms with E-state index in [-0.39, 0.29) is 10.5 Å². The highest BCUT2D eigenvalue weighted by atomic mass is 32.2. The van der Waals surface area contributed by atoms with E-state index in [1.54, 1.807) is 48.5 Å². The fourth-order valence-corrected chi connectivity index (χ4v) is 3.33. The number of carboxylic acids is 1. The zero-order valence-corrected chi connectivity index (χ0v) is 12.7. The molecule has 0 radical (unpaired) electrons. The second kappa shape index (κ2) is 5.73. The summed E-state index contributed by atoms with van der Waals surface area (Å²) >= 11 is 0. The number of fused-ring (bicyclic) bond motifs is 1. The Kier molecular flexibility index (Phi) is 3.75. The van der Waals surface area contributed by atoms with E-state index in [0.717, 1.165) is 10.8 Å². The molecule has 0 bridgehead atoms. The average molecular weight is 327 g/mol. The Labute approximate surface area is 133 Å². The maximum Gasteiger partial charge on any atom is 0.335 e. The Bertz CT molecular complexity index is 982. The van der Waals surface area contributed by atoms with Gasteiger partial charge in [0.25, 0.3) is 10.0 Å². The molecule has 0 unspecified atom stereocenters. The molecule has 23 heavy (non-hydrogen) atoms. The van der Waals surface area contributed by atoms with Crippen LogP contribution in [0.25, 0.3) is 10.8 Å². The fraction of sp³-hybridized carbons (Fsp3) is 0. The second-order valence-electron chi connectivity index (χ2n) is 5.00. The minimum Gasteiger partial charge on any atom is -0.478 e. The van der Waals surface area contributed by atoms with E-state index in [4.69, 9.17) is 5.11 Å². The minimum atomic E-state index is -3.65. The molecule has 0 atom stereocenters. The first-order valence-electron chi connectivity index (χ1n) is 6.81. The molecule has 0 heterocycles. The standard InChI is InChI=1S/C17H13NO4S/c19-17(20)14-7-6-13-11-15(9-8-12(13)10-14)18-23(21,22)16-4-2-1-3-5-16/h1-11,18H,(H,19,20). The molecule has 6 heteroatoms. The van der Waals surface area contributed by atoms with Gasteiger partial charge in [0.1, 0.15) is 0 Å². The van der Waals surface area contributed by atoms with Crippen molar-refractivity contribution in [3.63, 3.8) is 0 Å². The first-order chi connectivity index (χ1) is 11.0. The average Bonchev–Trinajstić information content (AvgIpc) is 2.54. The van der Waals surface area contributed by atoms with Crippen LogP contribution in [0.5, 0.6) is 0 Å². The normalized spacial score (nSPS) is 11.3. The predicted octanol–water partition coefficient (Wildman–Crippen LogP) is 3.34. The molecule has 0 aliphatic heterocycles. The predicted molar refractivity (Wildman–Crippen MR) is 88.2 cm³/mol. The van der Waals surface area contributed by atoms with E-state index < -0.39 is 16.0 Å². The summed E-state index contributed by atoms with van der Waals surface area (Å²) in [6.07, 6.45) is 0. The lowest BCUT2D eigenvalue weighted by Crippen LogP contribution is -2.12. The molecular formula is C17H13NO4S. The number of anilines is 1. The summed E-state index contributed by atoms with van der Waals surface area (Å²) < 4.78 is 27.1. The topological polar surface area (TPSA) is 83.5 Å². The van der Waals surface area contributed by atoms with E-state index in [1.807, 2.05) is 0 Å². The molecule has 0 aliphatic rings. The van der Waals surface area contributed by atoms with Crippen molar-refractivity contribution in [2.75, 3.05) is 4.72 Å². The summed E-state index contributed by atoms with van der Waals surface area (Å²) in [4.78, 5) is 11.1. The number of carboxylic acid groups (broad SMARTS) is 1. The third-order valence-electron chi connectivity index (χ3n) is 3.39. The van der Waals surface area contributed by atoms with Crippen LogP contribution in [0.4, 0.5) is 5.69 Å². The maximum atomic E-state index is 12.3. The number of rotatable bonds is 4. The van der Waals surface area contributed by atoms with Gasteiger partial charge in [0.05, 0.1) is 10.5 Å². The van der Waals surface area contributed by atoms with Gasteiger partial charge in [0, 0.05) is 5.69 Å². The van der Waals surface area contributed by atoms with Crippen molar-refractivity contribution >= 4 is 32.5 Å². The van der Waals surface area contributed by atoms with Gasteiger partial charge >= 0.3 is 5.97 Å². The van der Waals surface area contributed by atoms with E-state index in [1.165, 1.54) is 18.2 Å². The molecule has 0 fully saturated rings. The summed E-state index contributed by atoms with van der Waals surface area (Å²) in [6, 6.07) is 17.7. The quantitative estimate of drug-likeness (QED) is 0.770. The molecular weight excluding hydrogens is 314 g/mol. The van der Waals surface area contributed by atoms with Gasteiger partial charge in [0.2, 0.25) is 0 Å². The summed E-state index contributed by atoms with van der Waals surface area (Å²) in [5.41, 5.74) is 0.611. The molecule has 0 amide bonds. The summed E-state index contributed by atoms with van der Waals surface area (Å²) in [5, 5.41) is 10.5. The Morgan fingerprint density at radius 2 is 1.52 bits per heavy atom. The van der Waals surface area contributed by atoms with Gasteiger partial charge in [-0.1, -0.05) is 30.3 Å². The maximum absolute atomic E-state index is 12.3. The first kappa shape index (κ1) is 15.1. The molecule has 3 aromatic rings. The molecule has 5 nitrogen and oxygen atoms in total. The van der Waals surface area contributed by atoms with Gasteiger partial charge < -0.3 is 5.11 Å². The summed E-state index contributed by atoms with van der Waals surface area (Å²) in [7, 11) is -3.65. The number of benzene rings is 3. The lowest BCUT2D eigenvalue weighted by molar-refractivity contribution is 0.0697. The van der Waals surface area contributed by atoms with Crippen LogP contribution in [-0.4, -0.2) is 19.5 Å². The van der Waals surface area contributed by atoms with Crippen LogP contribution in [-0.2, 0) is 10.0 Å². The highest BCUT2D eigenvalue weighted by molar-refractivity contribution is 7.92. The largest absolute Gasteiger partial charge is 0.478 e. The number of nitrogens with one attached hydrogen (secondary N) is 1. The van der Waals surface area contributed by atoms with Crippen LogP contribution < -0.4 is 4.72 Å². The minimum absolute atomic E-state index is 0.182. The van der Waals surface area contributed by atoms with Crippen molar-refractivity contribution in [2.45, 2.75) is 4.90 Å². The molecule has 3 aromatic carbocycles. The Balaban J connectivity index is 1.95. The molecule has 0 spiro atoms. The zero-order chi connectivity index (χ0) is 16.4. The van der Waals surface area contributed by atoms with Crippen LogP contribution in [0, 0.1) is 0 Å². The number of carbonyl (C=O) groups is 1. The number of hydrogen-bond acceptors (Lipinski definition) is 3. The smallest absolute Gasteiger partial charge is 0.335 e. The monoisotopic (exact) mass is 327 g/mol. The van der Waals surface area contributed by atoms with Crippen molar-refractivity contribution in [3.8, 4) is 0 Å². The number of sulfonamides is 1. The lowest BCUT2D eigenvalue weighted by Gasteiger charge is -2.09. The van der Waals surface area contributed by atoms with Gasteiger partial charge in [0.15, 0.2) is 0 Å². The summed E-state index contributed by atoms with van der Waals surface area (Å²) in [5.74, 6) is -0.999. The molecule has 0 saturated carbocycles. The second-order valence-corrected chi connectivity index (χ2v) is 6.68. The van der Waals surface area contributed by atoms with Crippen molar-refractivity contribution in [3.05, 3.63) is 72.3 Å². The first-order valence-corrected chi connectivity index (χ1v) is 8.29. The zero-order valence-electron chi connectivity index (χ0n) is 11.9. The molecule has 2 N–H and O–H groups in total. The molecule has 116 valence electrons. The van der Waals surface area contributed by atoms with Gasteiger partial charge in [-0.05, 0) is 47.2 Å². The van der Waals surface area contributed by atoms with E-state index >= 15 is 0 Å². The Morgan fingerprint density at radius 1 is 0.870 bits per heavy atom. The van der Waals surface area contributed by atoms with Gasteiger partial charge in [-0.25, -0.2) is 13.2 Å². The van der Waals surface area contributed by atoms with Gasteiger partial charge in [-0.2, -0.15) is 0 Å². The summed E-state index contributed by atoms with van der Waals surface area (Å²) in [6.45, 7) is 0. The number of hydrogen-bond donors (Lipinski definition) is 2. The molecule has 0 aliphatic carbocycles. The van der Waals surface area contributed by atoms with Gasteiger partial charge in [-0.15, -0.1) is 0 Å². The molecule has 3 rings (SSSR count). The Hall–Kier alpha value is -2.86. The lowest BCUT2D eigenvalue weighted by atomic mass is 10.1. The SMILES string of the molecule is O=C(O)c1ccc2cc(NS(=O)(=O)c3ccccc3)ccc2c1. The van der Waals surface area contributed by atoms with Crippen LogP contribution in [0.2, 0.25) is 0 Å². The third-order valence-corrected chi connectivity index (χ3v) is 4.79. The molecule has 0 aromatic heterocycles. The van der Waals surface area contributed by atoms with E-state index in [9.17, 15) is 13.2 Å². The van der Waals surface area contributed by atoms with E-state index in [2.05, 4.69) is 4.72 Å². The Morgan fingerprint density at radius 3 is 2.22 bits per heavy atom. The van der Waals surface area contributed by atoms with Gasteiger partial charge in [-0.3, -0.25) is 4.72 Å². The van der Waals surface area contributed by atoms with Crippen molar-refractivity contribution in [1.82, 2.24) is 0 Å². The van der Waals surface area contributed by atoms with E-state index in [0.29, 0.717) is 5.69 Å². The van der Waals surface area contributed by atoms with Crippen molar-refractivity contribution in [2.24, 2.45) is 0 Å². The highest BCUT2D eigenvalue weighted by Crippen LogP contribution is 2.23. The third kappa shape index (κ3) is 3.17. The highest BCUT2D eigenvalue weighted by Gasteiger charge is 2.13. The van der Waals surface area contributed by atoms with Crippen LogP contribution >= 0.6 is 0 Å². The van der Waals surface area contributed by atoms with Crippen molar-refractivity contribution < 1.29 is 18.3 Å². The number of aromatic carboxylic acids is 1. The molecule has 0 saturated heterocycles. The fourth-order valence-electron chi connectivity index (χ4n) is 2.26. The van der Waals surface area contributed by atoms with Crippen LogP contribution in [0.3, 0.4) is 0 Å². The van der Waals surface area contributed by atoms with Crippen molar-refractivity contribution in [1.29, 1.82) is 0 Å². The van der Waals surface area contributed by atoms with Crippen LogP contribution in [0.15, 0.2) is 71.6 Å². The van der Waals surface area contributed by atoms with Crippen LogP contribution in [0.1, 0.15) is 10.4 Å².